The van der Waals surface area contributed by atoms with Crippen LogP contribution in [0.2, 0.25) is 0 Å². The van der Waals surface area contributed by atoms with Crippen molar-refractivity contribution >= 4 is 11.9 Å². The summed E-state index contributed by atoms with van der Waals surface area (Å²) in [5.74, 6) is -3.37. The second-order valence-corrected chi connectivity index (χ2v) is 3.66. The van der Waals surface area contributed by atoms with Gasteiger partial charge >= 0.3 is 11.9 Å². The maximum Gasteiger partial charge on any atom is 0.332 e. The minimum absolute atomic E-state index is 0.0834. The second-order valence-electron chi connectivity index (χ2n) is 3.66. The van der Waals surface area contributed by atoms with E-state index < -0.39 is 29.9 Å². The zero-order valence-electron chi connectivity index (χ0n) is 8.17. The molecule has 0 saturated carbocycles. The van der Waals surface area contributed by atoms with E-state index in [1.807, 2.05) is 0 Å². The van der Waals surface area contributed by atoms with Crippen molar-refractivity contribution < 1.29 is 24.9 Å². The average Bonchev–Trinajstić information content (AvgIpc) is 2.17. The number of aliphatic hydroxyl groups is 1. The van der Waals surface area contributed by atoms with Crippen LogP contribution in [-0.2, 0) is 9.59 Å². The van der Waals surface area contributed by atoms with E-state index in [0.717, 1.165) is 0 Å². The fourth-order valence-electron chi connectivity index (χ4n) is 1.69. The first kappa shape index (κ1) is 11.5. The highest BCUT2D eigenvalue weighted by atomic mass is 16.4. The van der Waals surface area contributed by atoms with Crippen LogP contribution in [0.1, 0.15) is 6.92 Å². The number of rotatable bonds is 3. The molecule has 0 saturated heterocycles. The number of carboxylic acids is 2. The molecule has 0 spiro atoms. The Morgan fingerprint density at radius 2 is 2.07 bits per heavy atom. The molecule has 5 nitrogen and oxygen atoms in total. The van der Waals surface area contributed by atoms with E-state index in [1.54, 1.807) is 0 Å². The SMILES string of the molecule is CC1(CO)C(C(=O)O)=CC=CC1C(=O)O. The highest BCUT2D eigenvalue weighted by Gasteiger charge is 2.44. The number of carboxylic acid groups (broad SMARTS) is 2. The van der Waals surface area contributed by atoms with Gasteiger partial charge in [0, 0.05) is 11.0 Å². The third-order valence-corrected chi connectivity index (χ3v) is 2.69. The molecule has 0 aliphatic heterocycles. The van der Waals surface area contributed by atoms with E-state index in [0.29, 0.717) is 0 Å². The molecule has 0 aromatic rings. The number of aliphatic hydroxyl groups excluding tert-OH is 1. The molecule has 1 aliphatic rings. The second kappa shape index (κ2) is 3.86. The van der Waals surface area contributed by atoms with Gasteiger partial charge in [-0.25, -0.2) is 4.79 Å². The van der Waals surface area contributed by atoms with E-state index in [1.165, 1.54) is 25.2 Å². The largest absolute Gasteiger partial charge is 0.481 e. The molecule has 5 heteroatoms. The summed E-state index contributed by atoms with van der Waals surface area (Å²) in [6, 6.07) is 0. The molecule has 0 fully saturated rings. The lowest BCUT2D eigenvalue weighted by Gasteiger charge is -2.34. The predicted octanol–water partition coefficient (Wildman–Crippen LogP) is 0.267. The Labute approximate surface area is 86.3 Å². The summed E-state index contributed by atoms with van der Waals surface area (Å²) < 4.78 is 0. The summed E-state index contributed by atoms with van der Waals surface area (Å²) in [7, 11) is 0. The first-order valence-corrected chi connectivity index (χ1v) is 4.39. The first-order valence-electron chi connectivity index (χ1n) is 4.39. The van der Waals surface area contributed by atoms with E-state index in [9.17, 15) is 14.7 Å². The highest BCUT2D eigenvalue weighted by molar-refractivity contribution is 5.91. The van der Waals surface area contributed by atoms with E-state index in [4.69, 9.17) is 10.2 Å². The van der Waals surface area contributed by atoms with Crippen LogP contribution >= 0.6 is 0 Å². The Bertz CT molecular complexity index is 355. The van der Waals surface area contributed by atoms with Gasteiger partial charge in [0.25, 0.3) is 0 Å². The van der Waals surface area contributed by atoms with Crippen LogP contribution in [0.15, 0.2) is 23.8 Å². The van der Waals surface area contributed by atoms with Gasteiger partial charge in [0.1, 0.15) is 0 Å². The molecule has 0 radical (unpaired) electrons. The molecule has 0 heterocycles. The predicted molar refractivity (Wildman–Crippen MR) is 51.2 cm³/mol. The summed E-state index contributed by atoms with van der Waals surface area (Å²) in [4.78, 5) is 21.8. The molecule has 82 valence electrons. The zero-order chi connectivity index (χ0) is 11.6. The summed E-state index contributed by atoms with van der Waals surface area (Å²) >= 11 is 0. The summed E-state index contributed by atoms with van der Waals surface area (Å²) in [6.45, 7) is 0.904. The van der Waals surface area contributed by atoms with Crippen molar-refractivity contribution in [1.82, 2.24) is 0 Å². The molecule has 1 aliphatic carbocycles. The van der Waals surface area contributed by atoms with E-state index in [-0.39, 0.29) is 5.57 Å². The Morgan fingerprint density at radius 1 is 1.47 bits per heavy atom. The van der Waals surface area contributed by atoms with Crippen LogP contribution in [0.25, 0.3) is 0 Å². The Kier molecular flexibility index (Phi) is 2.95. The van der Waals surface area contributed by atoms with Crippen LogP contribution in [0, 0.1) is 11.3 Å². The summed E-state index contributed by atoms with van der Waals surface area (Å²) in [5.41, 5.74) is -1.35. The standard InChI is InChI=1S/C10H12O5/c1-10(5-11)6(8(12)13)3-2-4-7(10)9(14)15/h2-4,6,11H,5H2,1H3,(H,12,13)(H,14,15). The van der Waals surface area contributed by atoms with Crippen molar-refractivity contribution in [3.05, 3.63) is 23.8 Å². The van der Waals surface area contributed by atoms with Crippen molar-refractivity contribution in [2.75, 3.05) is 6.61 Å². The van der Waals surface area contributed by atoms with Crippen LogP contribution in [-0.4, -0.2) is 33.9 Å². The maximum absolute atomic E-state index is 10.9. The van der Waals surface area contributed by atoms with Gasteiger partial charge in [0.05, 0.1) is 12.5 Å². The molecule has 0 amide bonds. The van der Waals surface area contributed by atoms with Crippen molar-refractivity contribution in [2.24, 2.45) is 11.3 Å². The van der Waals surface area contributed by atoms with Crippen LogP contribution < -0.4 is 0 Å². The van der Waals surface area contributed by atoms with Gasteiger partial charge in [-0.05, 0) is 0 Å². The van der Waals surface area contributed by atoms with Gasteiger partial charge in [-0.3, -0.25) is 4.79 Å². The van der Waals surface area contributed by atoms with Crippen molar-refractivity contribution in [1.29, 1.82) is 0 Å². The van der Waals surface area contributed by atoms with E-state index in [2.05, 4.69) is 0 Å². The lowest BCUT2D eigenvalue weighted by Crippen LogP contribution is -2.40. The van der Waals surface area contributed by atoms with Gasteiger partial charge < -0.3 is 15.3 Å². The molecule has 0 aromatic carbocycles. The van der Waals surface area contributed by atoms with Gasteiger partial charge in [-0.1, -0.05) is 25.2 Å². The number of hydrogen-bond donors (Lipinski definition) is 3. The molecule has 2 unspecified atom stereocenters. The minimum atomic E-state index is -1.27. The highest BCUT2D eigenvalue weighted by Crippen LogP contribution is 2.39. The zero-order valence-corrected chi connectivity index (χ0v) is 8.17. The molecule has 0 bridgehead atoms. The summed E-state index contributed by atoms with van der Waals surface area (Å²) in [5, 5.41) is 27.0. The fraction of sp³-hybridized carbons (Fsp3) is 0.400. The molecule has 2 atom stereocenters. The number of carbonyl (C=O) groups is 2. The number of hydrogen-bond acceptors (Lipinski definition) is 3. The van der Waals surface area contributed by atoms with Gasteiger partial charge in [0.15, 0.2) is 0 Å². The van der Waals surface area contributed by atoms with Crippen molar-refractivity contribution in [3.63, 3.8) is 0 Å². The third kappa shape index (κ3) is 1.78. The monoisotopic (exact) mass is 212 g/mol. The van der Waals surface area contributed by atoms with Gasteiger partial charge in [-0.2, -0.15) is 0 Å². The molecule has 0 aromatic heterocycles. The molecule has 1 rings (SSSR count). The molecular weight excluding hydrogens is 200 g/mol. The number of aliphatic carboxylic acids is 2. The topological polar surface area (TPSA) is 94.8 Å². The lowest BCUT2D eigenvalue weighted by atomic mass is 9.69. The van der Waals surface area contributed by atoms with Crippen LogP contribution in [0.3, 0.4) is 0 Å². The maximum atomic E-state index is 10.9. The van der Waals surface area contributed by atoms with Crippen LogP contribution in [0.5, 0.6) is 0 Å². The molecule has 3 N–H and O–H groups in total. The van der Waals surface area contributed by atoms with Crippen molar-refractivity contribution in [3.8, 4) is 0 Å². The third-order valence-electron chi connectivity index (χ3n) is 2.69. The normalized spacial score (nSPS) is 29.7. The Balaban J connectivity index is 3.20. The van der Waals surface area contributed by atoms with Crippen LogP contribution in [0.4, 0.5) is 0 Å². The Hall–Kier alpha value is -1.62. The smallest absolute Gasteiger partial charge is 0.332 e. The quantitative estimate of drug-likeness (QED) is 0.624. The van der Waals surface area contributed by atoms with E-state index >= 15 is 0 Å². The van der Waals surface area contributed by atoms with Crippen molar-refractivity contribution in [2.45, 2.75) is 6.92 Å². The number of allylic oxidation sites excluding steroid dienone is 2. The fourth-order valence-corrected chi connectivity index (χ4v) is 1.69. The van der Waals surface area contributed by atoms with Gasteiger partial charge in [-0.15, -0.1) is 0 Å². The minimum Gasteiger partial charge on any atom is -0.481 e. The lowest BCUT2D eigenvalue weighted by molar-refractivity contribution is -0.145. The average molecular weight is 212 g/mol. The molecule has 15 heavy (non-hydrogen) atoms. The first-order chi connectivity index (χ1) is 6.93. The Morgan fingerprint density at radius 3 is 2.47 bits per heavy atom. The summed E-state index contributed by atoms with van der Waals surface area (Å²) in [6.07, 6.45) is 4.09. The van der Waals surface area contributed by atoms with Gasteiger partial charge in [0.2, 0.25) is 0 Å². The molecular formula is C10H12O5.